The molecule has 2 amide bonds. The van der Waals surface area contributed by atoms with E-state index in [4.69, 9.17) is 0 Å². The third-order valence-electron chi connectivity index (χ3n) is 3.40. The van der Waals surface area contributed by atoms with E-state index >= 15 is 0 Å². The lowest BCUT2D eigenvalue weighted by atomic mass is 10.1. The Bertz CT molecular complexity index is 729. The number of rotatable bonds is 4. The highest BCUT2D eigenvalue weighted by atomic mass is 19.4. The fourth-order valence-corrected chi connectivity index (χ4v) is 2.03. The summed E-state index contributed by atoms with van der Waals surface area (Å²) in [5.41, 5.74) is 0.666. The van der Waals surface area contributed by atoms with E-state index in [1.807, 2.05) is 0 Å². The molecule has 7 heteroatoms. The van der Waals surface area contributed by atoms with Crippen molar-refractivity contribution in [1.29, 1.82) is 0 Å². The lowest BCUT2D eigenvalue weighted by Gasteiger charge is -2.10. The maximum atomic E-state index is 13.4. The number of hydrogen-bond donors (Lipinski definition) is 2. The average molecular weight is 340 g/mol. The molecule has 0 fully saturated rings. The Balaban J connectivity index is 1.86. The Hall–Kier alpha value is -2.57. The van der Waals surface area contributed by atoms with E-state index in [-0.39, 0.29) is 18.9 Å². The van der Waals surface area contributed by atoms with E-state index in [2.05, 4.69) is 10.6 Å². The zero-order chi connectivity index (χ0) is 17.7. The molecule has 0 saturated carbocycles. The van der Waals surface area contributed by atoms with E-state index in [1.165, 1.54) is 18.2 Å². The van der Waals surface area contributed by atoms with Gasteiger partial charge in [0.05, 0.1) is 5.56 Å². The van der Waals surface area contributed by atoms with Crippen LogP contribution < -0.4 is 10.6 Å². The fourth-order valence-electron chi connectivity index (χ4n) is 2.03. The van der Waals surface area contributed by atoms with Crippen LogP contribution >= 0.6 is 0 Å². The van der Waals surface area contributed by atoms with Crippen LogP contribution in [-0.2, 0) is 19.3 Å². The Morgan fingerprint density at radius 1 is 1.00 bits per heavy atom. The van der Waals surface area contributed by atoms with E-state index in [0.29, 0.717) is 16.7 Å². The van der Waals surface area contributed by atoms with Gasteiger partial charge in [-0.2, -0.15) is 13.2 Å². The molecule has 0 aliphatic carbocycles. The number of benzene rings is 2. The van der Waals surface area contributed by atoms with Gasteiger partial charge >= 0.3 is 12.2 Å². The predicted molar refractivity (Wildman–Crippen MR) is 81.7 cm³/mol. The number of amides is 2. The van der Waals surface area contributed by atoms with Crippen molar-refractivity contribution in [2.75, 3.05) is 0 Å². The highest BCUT2D eigenvalue weighted by Crippen LogP contribution is 2.29. The standard InChI is InChI=1S/C17H16F4N2O/c1-11-5-6-13(8-15(11)18)10-23-16(24)22-9-12-3-2-4-14(7-12)17(19,20)21/h2-8H,9-10H2,1H3,(H2,22,23,24). The number of hydrogen-bond acceptors (Lipinski definition) is 1. The predicted octanol–water partition coefficient (Wildman–Crippen LogP) is 4.15. The van der Waals surface area contributed by atoms with Crippen LogP contribution in [0.2, 0.25) is 0 Å². The molecule has 0 aromatic heterocycles. The number of carbonyl (C=O) groups excluding carboxylic acids is 1. The zero-order valence-corrected chi connectivity index (χ0v) is 12.9. The summed E-state index contributed by atoms with van der Waals surface area (Å²) in [4.78, 5) is 11.7. The summed E-state index contributed by atoms with van der Waals surface area (Å²) in [6.07, 6.45) is -4.42. The summed E-state index contributed by atoms with van der Waals surface area (Å²) in [7, 11) is 0. The van der Waals surface area contributed by atoms with Crippen LogP contribution in [0.15, 0.2) is 42.5 Å². The molecule has 0 saturated heterocycles. The Morgan fingerprint density at radius 2 is 1.62 bits per heavy atom. The van der Waals surface area contributed by atoms with Gasteiger partial charge in [-0.15, -0.1) is 0 Å². The van der Waals surface area contributed by atoms with Gasteiger partial charge in [-0.25, -0.2) is 9.18 Å². The van der Waals surface area contributed by atoms with Crippen LogP contribution in [-0.4, -0.2) is 6.03 Å². The van der Waals surface area contributed by atoms with Crippen molar-refractivity contribution in [2.24, 2.45) is 0 Å². The van der Waals surface area contributed by atoms with E-state index < -0.39 is 17.8 Å². The second-order valence-corrected chi connectivity index (χ2v) is 5.32. The van der Waals surface area contributed by atoms with Gasteiger partial charge in [0.15, 0.2) is 0 Å². The minimum absolute atomic E-state index is 0.0436. The first-order valence-electron chi connectivity index (χ1n) is 7.18. The SMILES string of the molecule is Cc1ccc(CNC(=O)NCc2cccc(C(F)(F)F)c2)cc1F. The molecule has 0 unspecified atom stereocenters. The number of alkyl halides is 3. The van der Waals surface area contributed by atoms with Crippen LogP contribution in [0.5, 0.6) is 0 Å². The third-order valence-corrected chi connectivity index (χ3v) is 3.40. The molecule has 2 rings (SSSR count). The van der Waals surface area contributed by atoms with Crippen molar-refractivity contribution in [2.45, 2.75) is 26.2 Å². The van der Waals surface area contributed by atoms with Crippen LogP contribution in [0.3, 0.4) is 0 Å². The average Bonchev–Trinajstić information content (AvgIpc) is 2.53. The second-order valence-electron chi connectivity index (χ2n) is 5.32. The number of nitrogens with one attached hydrogen (secondary N) is 2. The molecule has 0 bridgehead atoms. The summed E-state index contributed by atoms with van der Waals surface area (Å²) < 4.78 is 51.2. The molecule has 3 nitrogen and oxygen atoms in total. The van der Waals surface area contributed by atoms with Gasteiger partial charge < -0.3 is 10.6 Å². The maximum Gasteiger partial charge on any atom is 0.416 e. The van der Waals surface area contributed by atoms with Crippen molar-refractivity contribution in [1.82, 2.24) is 10.6 Å². The lowest BCUT2D eigenvalue weighted by Crippen LogP contribution is -2.34. The molecule has 24 heavy (non-hydrogen) atoms. The van der Waals surface area contributed by atoms with Gasteiger partial charge in [0.25, 0.3) is 0 Å². The maximum absolute atomic E-state index is 13.4. The number of halogens is 4. The summed E-state index contributed by atoms with van der Waals surface area (Å²) in [6.45, 7) is 1.71. The van der Waals surface area contributed by atoms with Gasteiger partial charge in [-0.05, 0) is 41.8 Å². The molecule has 2 N–H and O–H groups in total. The lowest BCUT2D eigenvalue weighted by molar-refractivity contribution is -0.137. The van der Waals surface area contributed by atoms with Crippen molar-refractivity contribution in [3.63, 3.8) is 0 Å². The van der Waals surface area contributed by atoms with Crippen LogP contribution in [0.1, 0.15) is 22.3 Å². The van der Waals surface area contributed by atoms with Gasteiger partial charge in [-0.3, -0.25) is 0 Å². The highest BCUT2D eigenvalue weighted by Gasteiger charge is 2.30. The molecule has 2 aromatic carbocycles. The summed E-state index contributed by atoms with van der Waals surface area (Å²) >= 11 is 0. The molecule has 0 heterocycles. The molecular weight excluding hydrogens is 324 g/mol. The Labute approximate surface area is 136 Å². The van der Waals surface area contributed by atoms with E-state index in [9.17, 15) is 22.4 Å². The molecule has 2 aromatic rings. The minimum Gasteiger partial charge on any atom is -0.334 e. The number of carbonyl (C=O) groups is 1. The first-order valence-corrected chi connectivity index (χ1v) is 7.18. The first-order chi connectivity index (χ1) is 11.3. The number of aryl methyl sites for hydroxylation is 1. The monoisotopic (exact) mass is 340 g/mol. The van der Waals surface area contributed by atoms with Crippen molar-refractivity contribution >= 4 is 6.03 Å². The van der Waals surface area contributed by atoms with Gasteiger partial charge in [0.1, 0.15) is 5.82 Å². The summed E-state index contributed by atoms with van der Waals surface area (Å²) in [6, 6.07) is 8.79. The quantitative estimate of drug-likeness (QED) is 0.807. The molecular formula is C17H16F4N2O. The van der Waals surface area contributed by atoms with E-state index in [1.54, 1.807) is 19.1 Å². The van der Waals surface area contributed by atoms with Crippen LogP contribution in [0, 0.1) is 12.7 Å². The molecule has 0 aliphatic rings. The molecule has 128 valence electrons. The smallest absolute Gasteiger partial charge is 0.334 e. The summed E-state index contributed by atoms with van der Waals surface area (Å²) in [5, 5.41) is 4.98. The third kappa shape index (κ3) is 4.97. The highest BCUT2D eigenvalue weighted by molar-refractivity contribution is 5.73. The molecule has 0 aliphatic heterocycles. The van der Waals surface area contributed by atoms with Gasteiger partial charge in [0, 0.05) is 13.1 Å². The van der Waals surface area contributed by atoms with E-state index in [0.717, 1.165) is 12.1 Å². The Kier molecular flexibility index (Phi) is 5.43. The van der Waals surface area contributed by atoms with Gasteiger partial charge in [0.2, 0.25) is 0 Å². The van der Waals surface area contributed by atoms with Crippen LogP contribution in [0.25, 0.3) is 0 Å². The van der Waals surface area contributed by atoms with Crippen molar-refractivity contribution in [3.05, 3.63) is 70.5 Å². The molecule has 0 spiro atoms. The summed E-state index contributed by atoms with van der Waals surface area (Å²) in [5.74, 6) is -0.362. The minimum atomic E-state index is -4.42. The normalized spacial score (nSPS) is 11.2. The van der Waals surface area contributed by atoms with Crippen molar-refractivity contribution < 1.29 is 22.4 Å². The number of urea groups is 1. The second kappa shape index (κ2) is 7.33. The zero-order valence-electron chi connectivity index (χ0n) is 12.9. The first kappa shape index (κ1) is 17.8. The topological polar surface area (TPSA) is 41.1 Å². The van der Waals surface area contributed by atoms with Crippen molar-refractivity contribution in [3.8, 4) is 0 Å². The van der Waals surface area contributed by atoms with Crippen LogP contribution in [0.4, 0.5) is 22.4 Å². The van der Waals surface area contributed by atoms with Gasteiger partial charge in [-0.1, -0.05) is 24.3 Å². The molecule has 0 radical (unpaired) electrons. The Morgan fingerprint density at radius 3 is 2.21 bits per heavy atom. The molecule has 0 atom stereocenters. The fraction of sp³-hybridized carbons (Fsp3) is 0.235. The largest absolute Gasteiger partial charge is 0.416 e.